The highest BCUT2D eigenvalue weighted by atomic mass is 16.5. The van der Waals surface area contributed by atoms with E-state index in [1.165, 1.54) is 44.9 Å². The van der Waals surface area contributed by atoms with E-state index < -0.39 is 5.60 Å². The second-order valence-electron chi connectivity index (χ2n) is 10.8. The number of rotatable bonds is 12. The number of hydrogen-bond donors (Lipinski definition) is 1. The van der Waals surface area contributed by atoms with Gasteiger partial charge in [-0.25, -0.2) is 0 Å². The predicted octanol–water partition coefficient (Wildman–Crippen LogP) is 8.53. The molecule has 4 atom stereocenters. The van der Waals surface area contributed by atoms with Gasteiger partial charge in [0.25, 0.3) is 0 Å². The van der Waals surface area contributed by atoms with Gasteiger partial charge in [0.1, 0.15) is 17.1 Å². The molecule has 2 rings (SSSR count). The minimum absolute atomic E-state index is 0.288. The van der Waals surface area contributed by atoms with Gasteiger partial charge < -0.3 is 9.84 Å². The molecule has 1 N–H and O–H groups in total. The molecule has 1 aliphatic rings. The maximum absolute atomic E-state index is 10.1. The summed E-state index contributed by atoms with van der Waals surface area (Å²) in [5.41, 5.74) is 2.45. The number of benzene rings is 1. The van der Waals surface area contributed by atoms with Crippen LogP contribution in [0.25, 0.3) is 0 Å². The first-order valence-corrected chi connectivity index (χ1v) is 12.5. The van der Waals surface area contributed by atoms with E-state index in [2.05, 4.69) is 34.6 Å². The Kier molecular flexibility index (Phi) is 8.96. The summed E-state index contributed by atoms with van der Waals surface area (Å²) < 4.78 is 15.1. The molecule has 0 aliphatic carbocycles. The summed E-state index contributed by atoms with van der Waals surface area (Å²) in [6.07, 6.45) is 11.8. The molecule has 172 valence electrons. The highest BCUT2D eigenvalue weighted by molar-refractivity contribution is 5.53. The molecule has 0 amide bonds. The Labute approximate surface area is 188 Å². The van der Waals surface area contributed by atoms with E-state index in [4.69, 9.17) is 6.11 Å². The third-order valence-corrected chi connectivity index (χ3v) is 7.22. The van der Waals surface area contributed by atoms with Crippen LogP contribution in [-0.2, 0) is 6.42 Å². The van der Waals surface area contributed by atoms with Crippen molar-refractivity contribution in [1.29, 1.82) is 0 Å². The third kappa shape index (κ3) is 7.50. The third-order valence-electron chi connectivity index (χ3n) is 7.22. The number of phenols is 1. The molecule has 0 saturated carbocycles. The Morgan fingerprint density at radius 2 is 1.53 bits per heavy atom. The van der Waals surface area contributed by atoms with Crippen LogP contribution in [0.1, 0.15) is 117 Å². The van der Waals surface area contributed by atoms with E-state index in [1.54, 1.807) is 6.07 Å². The summed E-state index contributed by atoms with van der Waals surface area (Å²) in [5.74, 6) is 3.65. The van der Waals surface area contributed by atoms with E-state index in [9.17, 15) is 5.11 Å². The lowest BCUT2D eigenvalue weighted by Gasteiger charge is -2.37. The van der Waals surface area contributed by atoms with Crippen molar-refractivity contribution >= 4 is 0 Å². The van der Waals surface area contributed by atoms with Gasteiger partial charge in [0.2, 0.25) is 0 Å². The Morgan fingerprint density at radius 3 is 2.13 bits per heavy atom. The van der Waals surface area contributed by atoms with Gasteiger partial charge in [0, 0.05) is 1.37 Å². The zero-order valence-electron chi connectivity index (χ0n) is 21.8. The maximum atomic E-state index is 10.1. The Hall–Kier alpha value is -1.18. The average molecular weight is 418 g/mol. The molecule has 2 heteroatoms. The van der Waals surface area contributed by atoms with E-state index in [1.807, 2.05) is 13.8 Å². The van der Waals surface area contributed by atoms with Crippen molar-refractivity contribution in [3.05, 3.63) is 22.8 Å². The number of ether oxygens (including phenoxy) is 1. The summed E-state index contributed by atoms with van der Waals surface area (Å²) in [7, 11) is 0. The standard InChI is InChI=1S/C28H48O2/c1-20(2)11-8-12-21(3)13-9-14-22(4)15-10-17-28(7)18-16-25-19-26(29)23(5)24(6)27(25)30-28/h19-22,29H,8-18H2,1-7H3/t21-,22-,28-/m1/s1/i18D/t18-,21+,22+,28+/m0. The van der Waals surface area contributed by atoms with Crippen LogP contribution in [0, 0.1) is 31.6 Å². The lowest BCUT2D eigenvalue weighted by Crippen LogP contribution is -2.36. The van der Waals surface area contributed by atoms with Crippen LogP contribution in [0.3, 0.4) is 0 Å². The molecule has 1 aromatic rings. The van der Waals surface area contributed by atoms with Gasteiger partial charge in [0.05, 0.1) is 0 Å². The predicted molar refractivity (Wildman–Crippen MR) is 130 cm³/mol. The second-order valence-corrected chi connectivity index (χ2v) is 10.8. The van der Waals surface area contributed by atoms with Crippen molar-refractivity contribution in [1.82, 2.24) is 0 Å². The zero-order chi connectivity index (χ0) is 23.2. The monoisotopic (exact) mass is 417 g/mol. The first-order valence-electron chi connectivity index (χ1n) is 13.0. The van der Waals surface area contributed by atoms with Crippen LogP contribution < -0.4 is 4.74 Å². The Balaban J connectivity index is 1.75. The van der Waals surface area contributed by atoms with Crippen molar-refractivity contribution in [2.75, 3.05) is 0 Å². The SMILES string of the molecule is [2H][C@H]1Cc2cc(O)c(C)c(C)c2O[C@]1(C)CCC[C@H](C)CCC[C@H](C)CCCC(C)C. The topological polar surface area (TPSA) is 29.5 Å². The molecule has 1 aliphatic heterocycles. The molecule has 30 heavy (non-hydrogen) atoms. The van der Waals surface area contributed by atoms with Crippen molar-refractivity contribution in [2.24, 2.45) is 17.8 Å². The fourth-order valence-electron chi connectivity index (χ4n) is 4.77. The Bertz CT molecular complexity index is 699. The van der Waals surface area contributed by atoms with Crippen molar-refractivity contribution < 1.29 is 11.2 Å². The minimum Gasteiger partial charge on any atom is -0.508 e. The lowest BCUT2D eigenvalue weighted by molar-refractivity contribution is 0.0514. The van der Waals surface area contributed by atoms with E-state index in [0.29, 0.717) is 12.2 Å². The van der Waals surface area contributed by atoms with Crippen LogP contribution in [-0.4, -0.2) is 10.7 Å². The van der Waals surface area contributed by atoms with E-state index in [0.717, 1.165) is 53.0 Å². The molecule has 2 nitrogen and oxygen atoms in total. The maximum Gasteiger partial charge on any atom is 0.126 e. The van der Waals surface area contributed by atoms with Crippen LogP contribution in [0.4, 0.5) is 0 Å². The van der Waals surface area contributed by atoms with E-state index in [-0.39, 0.29) is 6.40 Å². The van der Waals surface area contributed by atoms with Gasteiger partial charge in [0.15, 0.2) is 0 Å². The van der Waals surface area contributed by atoms with Gasteiger partial charge in [-0.1, -0.05) is 72.6 Å². The van der Waals surface area contributed by atoms with Crippen molar-refractivity contribution in [3.63, 3.8) is 0 Å². The summed E-state index contributed by atoms with van der Waals surface area (Å²) in [4.78, 5) is 0. The largest absolute Gasteiger partial charge is 0.508 e. The molecule has 0 radical (unpaired) electrons. The molecule has 0 bridgehead atoms. The smallest absolute Gasteiger partial charge is 0.126 e. The lowest BCUT2D eigenvalue weighted by atomic mass is 9.85. The summed E-state index contributed by atoms with van der Waals surface area (Å²) >= 11 is 0. The fraction of sp³-hybridized carbons (Fsp3) is 0.786. The van der Waals surface area contributed by atoms with Crippen LogP contribution in [0.15, 0.2) is 6.07 Å². The molecule has 1 heterocycles. The van der Waals surface area contributed by atoms with Gasteiger partial charge in [-0.15, -0.1) is 0 Å². The first-order chi connectivity index (χ1) is 14.5. The van der Waals surface area contributed by atoms with Crippen molar-refractivity contribution in [3.8, 4) is 11.5 Å². The molecular weight excluding hydrogens is 368 g/mol. The van der Waals surface area contributed by atoms with E-state index >= 15 is 0 Å². The first kappa shape index (κ1) is 23.5. The van der Waals surface area contributed by atoms with Crippen LogP contribution in [0.2, 0.25) is 0 Å². The zero-order valence-corrected chi connectivity index (χ0v) is 20.8. The molecular formula is C28H48O2. The number of aryl methyl sites for hydroxylation is 1. The quantitative estimate of drug-likeness (QED) is 0.369. The Morgan fingerprint density at radius 1 is 0.967 bits per heavy atom. The fourth-order valence-corrected chi connectivity index (χ4v) is 4.77. The number of phenolic OH excluding ortho intramolecular Hbond substituents is 1. The molecule has 0 unspecified atom stereocenters. The van der Waals surface area contributed by atoms with Crippen molar-refractivity contribution in [2.45, 2.75) is 125 Å². The van der Waals surface area contributed by atoms with Crippen LogP contribution >= 0.6 is 0 Å². The summed E-state index contributed by atoms with van der Waals surface area (Å²) in [6.45, 7) is 15.5. The number of aromatic hydroxyl groups is 1. The highest BCUT2D eigenvalue weighted by Gasteiger charge is 2.33. The molecule has 0 aromatic heterocycles. The highest BCUT2D eigenvalue weighted by Crippen LogP contribution is 2.42. The summed E-state index contributed by atoms with van der Waals surface area (Å²) in [5, 5.41) is 10.1. The number of fused-ring (bicyclic) bond motifs is 1. The molecule has 0 saturated heterocycles. The molecule has 0 spiro atoms. The number of hydrogen-bond acceptors (Lipinski definition) is 2. The van der Waals surface area contributed by atoms with Gasteiger partial charge in [-0.2, -0.15) is 0 Å². The van der Waals surface area contributed by atoms with Crippen LogP contribution in [0.5, 0.6) is 11.5 Å². The molecule has 1 aromatic carbocycles. The van der Waals surface area contributed by atoms with Gasteiger partial charge >= 0.3 is 0 Å². The molecule has 0 fully saturated rings. The van der Waals surface area contributed by atoms with Gasteiger partial charge in [-0.05, 0) is 86.9 Å². The second kappa shape index (κ2) is 11.4. The van der Waals surface area contributed by atoms with Gasteiger partial charge in [-0.3, -0.25) is 0 Å². The normalized spacial score (nSPS) is 23.6. The summed E-state index contributed by atoms with van der Waals surface area (Å²) in [6, 6.07) is 1.80. The minimum atomic E-state index is -0.439. The average Bonchev–Trinajstić information content (AvgIpc) is 2.68.